The van der Waals surface area contributed by atoms with E-state index >= 15 is 0 Å². The van der Waals surface area contributed by atoms with Gasteiger partial charge in [-0.2, -0.15) is 0 Å². The third-order valence-electron chi connectivity index (χ3n) is 8.99. The fourth-order valence-electron chi connectivity index (χ4n) is 6.05. The molecule has 6 rings (SSSR count). The molecular formula is C39H41N7O9. The van der Waals surface area contributed by atoms with E-state index in [4.69, 9.17) is 19.9 Å². The number of anilines is 2. The highest BCUT2D eigenvalue weighted by Crippen LogP contribution is 2.31. The van der Waals surface area contributed by atoms with E-state index < -0.39 is 29.7 Å². The number of nitrogens with one attached hydrogen (secondary N) is 3. The van der Waals surface area contributed by atoms with Crippen LogP contribution in [0.15, 0.2) is 72.8 Å². The van der Waals surface area contributed by atoms with Gasteiger partial charge in [-0.1, -0.05) is 36.4 Å². The van der Waals surface area contributed by atoms with Crippen LogP contribution in [0.25, 0.3) is 11.3 Å². The van der Waals surface area contributed by atoms with E-state index in [0.717, 1.165) is 16.0 Å². The van der Waals surface area contributed by atoms with E-state index in [1.54, 1.807) is 48.5 Å². The van der Waals surface area contributed by atoms with Crippen molar-refractivity contribution in [3.05, 3.63) is 95.1 Å². The van der Waals surface area contributed by atoms with Crippen molar-refractivity contribution in [3.63, 3.8) is 0 Å². The summed E-state index contributed by atoms with van der Waals surface area (Å²) in [7, 11) is 0. The number of phenolic OH excluding ortho intramolecular Hbond substituents is 1. The van der Waals surface area contributed by atoms with Gasteiger partial charge in [0.1, 0.15) is 17.5 Å². The van der Waals surface area contributed by atoms with Gasteiger partial charge in [0.25, 0.3) is 11.8 Å². The molecule has 1 fully saturated rings. The minimum atomic E-state index is -1.01. The van der Waals surface area contributed by atoms with Gasteiger partial charge in [0.05, 0.1) is 44.2 Å². The van der Waals surface area contributed by atoms with Crippen molar-refractivity contribution in [2.45, 2.75) is 38.3 Å². The zero-order valence-electron chi connectivity index (χ0n) is 29.9. The van der Waals surface area contributed by atoms with Gasteiger partial charge in [-0.15, -0.1) is 10.2 Å². The van der Waals surface area contributed by atoms with Gasteiger partial charge in [-0.3, -0.25) is 34.2 Å². The Morgan fingerprint density at radius 3 is 2.38 bits per heavy atom. The lowest BCUT2D eigenvalue weighted by atomic mass is 10.0. The molecule has 6 N–H and O–H groups in total. The first-order chi connectivity index (χ1) is 26.7. The first kappa shape index (κ1) is 38.3. The average molecular weight is 752 g/mol. The number of amides is 5. The molecule has 55 heavy (non-hydrogen) atoms. The lowest BCUT2D eigenvalue weighted by Gasteiger charge is -2.27. The summed E-state index contributed by atoms with van der Waals surface area (Å²) >= 11 is 0. The van der Waals surface area contributed by atoms with Crippen LogP contribution in [-0.2, 0) is 36.8 Å². The zero-order chi connectivity index (χ0) is 38.7. The lowest BCUT2D eigenvalue weighted by Crippen LogP contribution is -2.54. The fourth-order valence-corrected chi connectivity index (χ4v) is 6.05. The Bertz CT molecular complexity index is 2060. The number of piperidine rings is 1. The van der Waals surface area contributed by atoms with Crippen molar-refractivity contribution in [2.75, 3.05) is 50.6 Å². The predicted octanol–water partition coefficient (Wildman–Crippen LogP) is 2.61. The van der Waals surface area contributed by atoms with E-state index in [1.165, 1.54) is 0 Å². The molecule has 0 spiro atoms. The van der Waals surface area contributed by atoms with Gasteiger partial charge in [0.2, 0.25) is 17.7 Å². The van der Waals surface area contributed by atoms with E-state index in [-0.39, 0.29) is 54.5 Å². The average Bonchev–Trinajstić information content (AvgIpc) is 3.42. The minimum Gasteiger partial charge on any atom is -0.507 e. The highest BCUT2D eigenvalue weighted by Gasteiger charge is 2.44. The Balaban J connectivity index is 0.809. The third-order valence-corrected chi connectivity index (χ3v) is 8.99. The van der Waals surface area contributed by atoms with Crippen LogP contribution in [0.3, 0.4) is 0 Å². The molecule has 5 amide bonds. The molecule has 286 valence electrons. The molecule has 4 aromatic rings. The van der Waals surface area contributed by atoms with E-state index in [1.807, 2.05) is 24.3 Å². The van der Waals surface area contributed by atoms with Crippen LogP contribution in [-0.4, -0.2) is 95.4 Å². The number of imide groups is 2. The van der Waals surface area contributed by atoms with Crippen LogP contribution in [0.5, 0.6) is 11.5 Å². The Labute approximate surface area is 316 Å². The molecule has 2 aliphatic heterocycles. The quantitative estimate of drug-likeness (QED) is 0.0729. The molecule has 3 aromatic carbocycles. The van der Waals surface area contributed by atoms with Gasteiger partial charge >= 0.3 is 0 Å². The van der Waals surface area contributed by atoms with Crippen molar-refractivity contribution in [2.24, 2.45) is 0 Å². The second-order valence-electron chi connectivity index (χ2n) is 12.8. The number of phenols is 1. The molecule has 16 heteroatoms. The second-order valence-corrected chi connectivity index (χ2v) is 12.8. The van der Waals surface area contributed by atoms with Crippen molar-refractivity contribution < 1.29 is 43.3 Å². The number of nitrogens with zero attached hydrogens (tertiary/aromatic N) is 3. The number of hydrogen-bond acceptors (Lipinski definition) is 13. The van der Waals surface area contributed by atoms with Crippen molar-refractivity contribution in [1.82, 2.24) is 25.7 Å². The summed E-state index contributed by atoms with van der Waals surface area (Å²) in [5.74, 6) is -1.70. The molecule has 2 aliphatic rings. The Hall–Kier alpha value is -6.39. The van der Waals surface area contributed by atoms with Crippen LogP contribution in [0.4, 0.5) is 11.5 Å². The summed E-state index contributed by atoms with van der Waals surface area (Å²) in [5.41, 5.74) is 9.95. The number of aromatic nitrogens is 2. The SMILES string of the molecule is Nc1nnc(-c2ccccc2O)cc1OCCc1ccc(CNC(=O)CCOCCOCCNc2ccc3c(c2)C(=O)N(C2CCC(=O)NC2=O)C3=O)cc1. The molecule has 0 saturated carbocycles. The summed E-state index contributed by atoms with van der Waals surface area (Å²) in [5, 5.41) is 26.4. The number of nitrogens with two attached hydrogens (primary N) is 1. The van der Waals surface area contributed by atoms with Crippen LogP contribution in [0, 0.1) is 0 Å². The number of para-hydroxylation sites is 1. The highest BCUT2D eigenvalue weighted by molar-refractivity contribution is 6.23. The highest BCUT2D eigenvalue weighted by atomic mass is 16.5. The smallest absolute Gasteiger partial charge is 0.262 e. The number of nitrogen functional groups attached to an aromatic ring is 1. The van der Waals surface area contributed by atoms with Gasteiger partial charge in [0, 0.05) is 49.7 Å². The van der Waals surface area contributed by atoms with Crippen LogP contribution in [0.2, 0.25) is 0 Å². The van der Waals surface area contributed by atoms with Gasteiger partial charge < -0.3 is 35.7 Å². The van der Waals surface area contributed by atoms with Crippen molar-refractivity contribution in [1.29, 1.82) is 0 Å². The monoisotopic (exact) mass is 751 g/mol. The Morgan fingerprint density at radius 2 is 1.60 bits per heavy atom. The normalized spacial score (nSPS) is 15.1. The predicted molar refractivity (Wildman–Crippen MR) is 199 cm³/mol. The molecule has 3 heterocycles. The standard InChI is InChI=1S/C39H41N7O9/c40-36-33(22-30(44-45-36)28-3-1-2-4-32(28)47)55-17-13-24-5-7-25(8-6-24)23-42-34(48)14-16-53-19-20-54-18-15-41-26-9-10-27-29(21-26)39(52)46(38(27)51)31-11-12-35(49)43-37(31)50/h1-10,21-22,31,41,47H,11-20,23H2,(H2,40,45)(H,42,48)(H,43,49,50). The first-order valence-electron chi connectivity index (χ1n) is 17.8. The third kappa shape index (κ3) is 9.78. The number of hydrogen-bond donors (Lipinski definition) is 5. The number of carbonyl (C=O) groups is 5. The molecule has 1 atom stereocenters. The Kier molecular flexibility index (Phi) is 12.6. The van der Waals surface area contributed by atoms with Crippen LogP contribution < -0.4 is 26.4 Å². The fraction of sp³-hybridized carbons (Fsp3) is 0.308. The molecule has 1 aromatic heterocycles. The molecule has 0 radical (unpaired) electrons. The number of rotatable bonds is 18. The maximum atomic E-state index is 13.0. The molecule has 1 saturated heterocycles. The lowest BCUT2D eigenvalue weighted by molar-refractivity contribution is -0.136. The number of carbonyl (C=O) groups excluding carboxylic acids is 5. The summed E-state index contributed by atoms with van der Waals surface area (Å²) in [4.78, 5) is 62.8. The zero-order valence-corrected chi connectivity index (χ0v) is 29.9. The maximum absolute atomic E-state index is 13.0. The van der Waals surface area contributed by atoms with Gasteiger partial charge in [-0.05, 0) is 47.9 Å². The largest absolute Gasteiger partial charge is 0.507 e. The number of ether oxygens (including phenoxy) is 3. The maximum Gasteiger partial charge on any atom is 0.262 e. The summed E-state index contributed by atoms with van der Waals surface area (Å²) < 4.78 is 17.0. The second kappa shape index (κ2) is 18.1. The molecule has 0 aliphatic carbocycles. The van der Waals surface area contributed by atoms with Gasteiger partial charge in [-0.25, -0.2) is 0 Å². The Morgan fingerprint density at radius 1 is 0.855 bits per heavy atom. The number of fused-ring (bicyclic) bond motifs is 1. The molecule has 16 nitrogen and oxygen atoms in total. The van der Waals surface area contributed by atoms with Gasteiger partial charge in [0.15, 0.2) is 11.6 Å². The molecular weight excluding hydrogens is 710 g/mol. The molecule has 1 unspecified atom stereocenters. The summed E-state index contributed by atoms with van der Waals surface area (Å²) in [6.07, 6.45) is 0.980. The topological polar surface area (TPSA) is 224 Å². The van der Waals surface area contributed by atoms with E-state index in [2.05, 4.69) is 26.1 Å². The van der Waals surface area contributed by atoms with Crippen LogP contribution in [0.1, 0.15) is 51.1 Å². The van der Waals surface area contributed by atoms with E-state index in [9.17, 15) is 29.1 Å². The summed E-state index contributed by atoms with van der Waals surface area (Å²) in [6, 6.07) is 20.1. The summed E-state index contributed by atoms with van der Waals surface area (Å²) in [6.45, 7) is 2.39. The number of aromatic hydroxyl groups is 1. The number of benzene rings is 3. The van der Waals surface area contributed by atoms with E-state index in [0.29, 0.717) is 68.6 Å². The van der Waals surface area contributed by atoms with Crippen molar-refractivity contribution in [3.8, 4) is 22.8 Å². The minimum absolute atomic E-state index is 0.0595. The van der Waals surface area contributed by atoms with Crippen LogP contribution >= 0.6 is 0 Å². The molecule has 0 bridgehead atoms. The first-order valence-corrected chi connectivity index (χ1v) is 17.8. The van der Waals surface area contributed by atoms with Crippen molar-refractivity contribution >= 4 is 41.0 Å².